The lowest BCUT2D eigenvalue weighted by atomic mass is 10.1. The Hall–Kier alpha value is -1.60. The number of aryl methyl sites for hydroxylation is 1. The van der Waals surface area contributed by atoms with E-state index in [2.05, 4.69) is 67.1 Å². The number of thiophene rings is 1. The number of nitrogens with two attached hydrogens (primary N) is 1. The molecule has 0 aliphatic rings. The van der Waals surface area contributed by atoms with Crippen molar-refractivity contribution in [2.75, 3.05) is 13.6 Å². The molecule has 0 bridgehead atoms. The van der Waals surface area contributed by atoms with E-state index in [-0.39, 0.29) is 0 Å². The minimum absolute atomic E-state index is 0.417. The SMILES string of the molecule is Cc1ccccc1CN(C)Cc1ccc(C#CCN)s1. The van der Waals surface area contributed by atoms with Gasteiger partial charge in [-0.05, 0) is 37.2 Å². The Labute approximate surface area is 125 Å². The Morgan fingerprint density at radius 3 is 2.70 bits per heavy atom. The minimum atomic E-state index is 0.417. The predicted octanol–water partition coefficient (Wildman–Crippen LogP) is 3.00. The van der Waals surface area contributed by atoms with Gasteiger partial charge in [0.1, 0.15) is 0 Å². The summed E-state index contributed by atoms with van der Waals surface area (Å²) in [6.07, 6.45) is 0. The molecule has 0 spiro atoms. The Bertz CT molecular complexity index is 619. The van der Waals surface area contributed by atoms with E-state index in [0.29, 0.717) is 6.54 Å². The highest BCUT2D eigenvalue weighted by Gasteiger charge is 2.05. The Morgan fingerprint density at radius 2 is 1.95 bits per heavy atom. The third kappa shape index (κ3) is 4.21. The van der Waals surface area contributed by atoms with Gasteiger partial charge in [-0.3, -0.25) is 4.90 Å². The lowest BCUT2D eigenvalue weighted by Crippen LogP contribution is -2.17. The summed E-state index contributed by atoms with van der Waals surface area (Å²) in [4.78, 5) is 4.76. The predicted molar refractivity (Wildman–Crippen MR) is 86.6 cm³/mol. The lowest BCUT2D eigenvalue weighted by Gasteiger charge is -2.17. The first-order valence-corrected chi connectivity index (χ1v) is 7.51. The highest BCUT2D eigenvalue weighted by molar-refractivity contribution is 7.12. The van der Waals surface area contributed by atoms with Gasteiger partial charge >= 0.3 is 0 Å². The van der Waals surface area contributed by atoms with Crippen LogP contribution in [-0.2, 0) is 13.1 Å². The Balaban J connectivity index is 1.96. The molecule has 0 saturated heterocycles. The maximum atomic E-state index is 5.39. The van der Waals surface area contributed by atoms with Gasteiger partial charge in [0.2, 0.25) is 0 Å². The summed E-state index contributed by atoms with van der Waals surface area (Å²) in [7, 11) is 2.15. The maximum absolute atomic E-state index is 5.39. The topological polar surface area (TPSA) is 29.3 Å². The summed E-state index contributed by atoms with van der Waals surface area (Å²) < 4.78 is 0. The summed E-state index contributed by atoms with van der Waals surface area (Å²) in [5.74, 6) is 5.97. The largest absolute Gasteiger partial charge is 0.320 e. The Kier molecular flexibility index (Phi) is 5.37. The molecule has 0 atom stereocenters. The summed E-state index contributed by atoms with van der Waals surface area (Å²) >= 11 is 1.75. The minimum Gasteiger partial charge on any atom is -0.320 e. The summed E-state index contributed by atoms with van der Waals surface area (Å²) in [6, 6.07) is 12.8. The molecule has 2 nitrogen and oxygen atoms in total. The van der Waals surface area contributed by atoms with Gasteiger partial charge in [0.25, 0.3) is 0 Å². The fourth-order valence-electron chi connectivity index (χ4n) is 2.07. The molecule has 20 heavy (non-hydrogen) atoms. The zero-order chi connectivity index (χ0) is 14.4. The van der Waals surface area contributed by atoms with E-state index in [4.69, 9.17) is 5.73 Å². The molecular formula is C17H20N2S. The van der Waals surface area contributed by atoms with E-state index in [0.717, 1.165) is 18.0 Å². The molecule has 0 unspecified atom stereocenters. The van der Waals surface area contributed by atoms with E-state index in [1.807, 2.05) is 0 Å². The lowest BCUT2D eigenvalue weighted by molar-refractivity contribution is 0.321. The van der Waals surface area contributed by atoms with Crippen LogP contribution in [0, 0.1) is 18.8 Å². The van der Waals surface area contributed by atoms with E-state index < -0.39 is 0 Å². The quantitative estimate of drug-likeness (QED) is 0.875. The van der Waals surface area contributed by atoms with Crippen molar-refractivity contribution in [2.45, 2.75) is 20.0 Å². The van der Waals surface area contributed by atoms with Crippen molar-refractivity contribution in [1.29, 1.82) is 0 Å². The molecule has 2 aromatic rings. The van der Waals surface area contributed by atoms with Crippen molar-refractivity contribution in [1.82, 2.24) is 4.90 Å². The Morgan fingerprint density at radius 1 is 1.15 bits per heavy atom. The van der Waals surface area contributed by atoms with Crippen LogP contribution in [0.1, 0.15) is 20.9 Å². The second kappa shape index (κ2) is 7.25. The standard InChI is InChI=1S/C17H20N2S/c1-14-6-3-4-7-15(14)12-19(2)13-17-10-9-16(20-17)8-5-11-18/h3-4,6-7,9-10H,11-13,18H2,1-2H3. The molecule has 1 aromatic heterocycles. The highest BCUT2D eigenvalue weighted by Crippen LogP contribution is 2.18. The number of hydrogen-bond donors (Lipinski definition) is 1. The van der Waals surface area contributed by atoms with Crippen LogP contribution in [0.15, 0.2) is 36.4 Å². The zero-order valence-corrected chi connectivity index (χ0v) is 12.8. The van der Waals surface area contributed by atoms with E-state index in [1.54, 1.807) is 11.3 Å². The molecule has 0 fully saturated rings. The molecule has 0 amide bonds. The second-order valence-electron chi connectivity index (χ2n) is 4.87. The van der Waals surface area contributed by atoms with Crippen LogP contribution < -0.4 is 5.73 Å². The fraction of sp³-hybridized carbons (Fsp3) is 0.294. The van der Waals surface area contributed by atoms with Gasteiger partial charge < -0.3 is 5.73 Å². The first-order chi connectivity index (χ1) is 9.69. The van der Waals surface area contributed by atoms with E-state index in [1.165, 1.54) is 16.0 Å². The van der Waals surface area contributed by atoms with Gasteiger partial charge in [0, 0.05) is 18.0 Å². The summed E-state index contributed by atoms with van der Waals surface area (Å²) in [5.41, 5.74) is 8.12. The van der Waals surface area contributed by atoms with Crippen LogP contribution in [0.3, 0.4) is 0 Å². The molecule has 0 aliphatic heterocycles. The average molecular weight is 284 g/mol. The van der Waals surface area contributed by atoms with Crippen molar-refractivity contribution >= 4 is 11.3 Å². The van der Waals surface area contributed by atoms with E-state index in [9.17, 15) is 0 Å². The van der Waals surface area contributed by atoms with Gasteiger partial charge in [-0.2, -0.15) is 0 Å². The highest BCUT2D eigenvalue weighted by atomic mass is 32.1. The van der Waals surface area contributed by atoms with Crippen LogP contribution in [0.2, 0.25) is 0 Å². The normalized spacial score (nSPS) is 10.4. The van der Waals surface area contributed by atoms with Gasteiger partial charge in [0.15, 0.2) is 0 Å². The van der Waals surface area contributed by atoms with Crippen LogP contribution in [0.5, 0.6) is 0 Å². The van der Waals surface area contributed by atoms with Crippen molar-refractivity contribution in [3.8, 4) is 11.8 Å². The first kappa shape index (κ1) is 14.8. The van der Waals surface area contributed by atoms with Crippen molar-refractivity contribution in [3.05, 3.63) is 57.3 Å². The second-order valence-corrected chi connectivity index (χ2v) is 6.04. The number of benzene rings is 1. The monoisotopic (exact) mass is 284 g/mol. The third-order valence-electron chi connectivity index (χ3n) is 3.10. The van der Waals surface area contributed by atoms with Crippen LogP contribution in [0.25, 0.3) is 0 Å². The molecule has 0 saturated carbocycles. The number of nitrogens with zero attached hydrogens (tertiary/aromatic N) is 1. The molecular weight excluding hydrogens is 264 g/mol. The van der Waals surface area contributed by atoms with Gasteiger partial charge in [0.05, 0.1) is 11.4 Å². The first-order valence-electron chi connectivity index (χ1n) is 6.69. The molecule has 104 valence electrons. The molecule has 1 aromatic carbocycles. The average Bonchev–Trinajstić information content (AvgIpc) is 2.86. The van der Waals surface area contributed by atoms with Crippen molar-refractivity contribution < 1.29 is 0 Å². The maximum Gasteiger partial charge on any atom is 0.0772 e. The van der Waals surface area contributed by atoms with E-state index >= 15 is 0 Å². The van der Waals surface area contributed by atoms with Crippen molar-refractivity contribution in [2.24, 2.45) is 5.73 Å². The summed E-state index contributed by atoms with van der Waals surface area (Å²) in [5, 5.41) is 0. The molecule has 0 radical (unpaired) electrons. The van der Waals surface area contributed by atoms with Gasteiger partial charge in [-0.25, -0.2) is 0 Å². The van der Waals surface area contributed by atoms with Gasteiger partial charge in [-0.1, -0.05) is 36.1 Å². The zero-order valence-electron chi connectivity index (χ0n) is 12.0. The molecule has 1 heterocycles. The van der Waals surface area contributed by atoms with Gasteiger partial charge in [-0.15, -0.1) is 11.3 Å². The van der Waals surface area contributed by atoms with Crippen LogP contribution in [-0.4, -0.2) is 18.5 Å². The third-order valence-corrected chi connectivity index (χ3v) is 4.09. The van der Waals surface area contributed by atoms with Crippen LogP contribution in [0.4, 0.5) is 0 Å². The molecule has 3 heteroatoms. The molecule has 2 N–H and O–H groups in total. The fourth-order valence-corrected chi connectivity index (χ4v) is 3.03. The van der Waals surface area contributed by atoms with Crippen LogP contribution >= 0.6 is 11.3 Å². The summed E-state index contributed by atoms with van der Waals surface area (Å²) in [6.45, 7) is 4.49. The number of rotatable bonds is 4. The smallest absolute Gasteiger partial charge is 0.0772 e. The molecule has 2 rings (SSSR count). The molecule has 0 aliphatic carbocycles. The number of hydrogen-bond acceptors (Lipinski definition) is 3. The van der Waals surface area contributed by atoms with Crippen molar-refractivity contribution in [3.63, 3.8) is 0 Å².